The van der Waals surface area contributed by atoms with Gasteiger partial charge >= 0.3 is 6.03 Å². The highest BCUT2D eigenvalue weighted by Gasteiger charge is 2.32. The van der Waals surface area contributed by atoms with Crippen LogP contribution in [0.25, 0.3) is 10.2 Å². The fourth-order valence-corrected chi connectivity index (χ4v) is 5.96. The predicted octanol–water partition coefficient (Wildman–Crippen LogP) is 5.77. The highest BCUT2D eigenvalue weighted by Crippen LogP contribution is 2.46. The van der Waals surface area contributed by atoms with Crippen LogP contribution in [0.3, 0.4) is 0 Å². The maximum Gasteiger partial charge on any atom is 0.331 e. The Kier molecular flexibility index (Phi) is 9.95. The Morgan fingerprint density at radius 2 is 1.95 bits per heavy atom. The van der Waals surface area contributed by atoms with Gasteiger partial charge in [-0.15, -0.1) is 11.3 Å². The summed E-state index contributed by atoms with van der Waals surface area (Å²) < 4.78 is 11.3. The number of rotatable bonds is 5. The average molecular weight is 580 g/mol. The van der Waals surface area contributed by atoms with Crippen molar-refractivity contribution in [3.05, 3.63) is 53.6 Å². The van der Waals surface area contributed by atoms with Gasteiger partial charge in [0.25, 0.3) is 5.91 Å². The van der Waals surface area contributed by atoms with Gasteiger partial charge in [0, 0.05) is 25.7 Å². The van der Waals surface area contributed by atoms with Crippen molar-refractivity contribution < 1.29 is 23.9 Å². The summed E-state index contributed by atoms with van der Waals surface area (Å²) in [5.41, 5.74) is 8.19. The van der Waals surface area contributed by atoms with E-state index in [-0.39, 0.29) is 18.0 Å². The third-order valence-electron chi connectivity index (χ3n) is 6.91. The molecule has 218 valence electrons. The molecule has 0 bridgehead atoms. The molecule has 5 heterocycles. The van der Waals surface area contributed by atoms with Crippen molar-refractivity contribution >= 4 is 56.5 Å². The predicted molar refractivity (Wildman–Crippen MR) is 162 cm³/mol. The zero-order valence-corrected chi connectivity index (χ0v) is 24.6. The summed E-state index contributed by atoms with van der Waals surface area (Å²) in [7, 11) is 0. The number of nitrogens with two attached hydrogens (primary N) is 1. The highest BCUT2D eigenvalue weighted by atomic mass is 32.1. The molecule has 3 N–H and O–H groups in total. The molecule has 0 radical (unpaired) electrons. The number of primary amides is 1. The van der Waals surface area contributed by atoms with Crippen LogP contribution in [-0.2, 0) is 9.53 Å². The number of anilines is 3. The Hall–Kier alpha value is -3.96. The second-order valence-electron chi connectivity index (χ2n) is 9.59. The summed E-state index contributed by atoms with van der Waals surface area (Å²) in [6, 6.07) is 7.04. The number of benzene rings is 1. The number of likely N-dealkylation sites (tertiary alicyclic amines) is 1. The minimum absolute atomic E-state index is 0.0546. The number of aromatic nitrogens is 1. The quantitative estimate of drug-likeness (QED) is 0.370. The summed E-state index contributed by atoms with van der Waals surface area (Å²) in [5.74, 6) is 0.238. The molecular weight excluding hydrogens is 542 g/mol. The van der Waals surface area contributed by atoms with Crippen LogP contribution in [0.2, 0.25) is 0 Å². The van der Waals surface area contributed by atoms with E-state index in [0.717, 1.165) is 49.4 Å². The first-order valence-electron chi connectivity index (χ1n) is 14.0. The Morgan fingerprint density at radius 3 is 2.59 bits per heavy atom. The van der Waals surface area contributed by atoms with E-state index >= 15 is 0 Å². The number of carbonyl (C=O) groups is 3. The molecule has 0 aliphatic carbocycles. The van der Waals surface area contributed by atoms with Gasteiger partial charge < -0.3 is 25.4 Å². The maximum absolute atomic E-state index is 13.0. The van der Waals surface area contributed by atoms with Crippen molar-refractivity contribution in [1.29, 1.82) is 0 Å². The van der Waals surface area contributed by atoms with Gasteiger partial charge in [0.2, 0.25) is 5.91 Å². The standard InChI is InChI=1S/C20H18N4O4S.C8H13NO.C2H6/c1-10-8-11(28-12-5-7-27-9-12)2-3-13(10)24-14-4-6-22-19-15(14)16(23-20(24)26)17(29-19)18(21)25;1-2-8(10)9-6-4-3-5-7-9;1-2/h2-4,6,8,12H,5,7,9H2,1H3,(H2,21,25)(H,23,26);2H,1,3-7H2;1-2H3/t12-;;/m1../s1. The second-order valence-corrected chi connectivity index (χ2v) is 10.6. The molecule has 2 fully saturated rings. The lowest BCUT2D eigenvalue weighted by molar-refractivity contribution is -0.126. The first-order valence-corrected chi connectivity index (χ1v) is 14.8. The largest absolute Gasteiger partial charge is 0.488 e. The lowest BCUT2D eigenvalue weighted by Crippen LogP contribution is -2.34. The number of pyridine rings is 1. The van der Waals surface area contributed by atoms with Gasteiger partial charge in [-0.2, -0.15) is 0 Å². The van der Waals surface area contributed by atoms with Crippen LogP contribution in [0.1, 0.15) is 54.8 Å². The molecule has 0 saturated carbocycles. The van der Waals surface area contributed by atoms with Crippen molar-refractivity contribution in [1.82, 2.24) is 9.88 Å². The summed E-state index contributed by atoms with van der Waals surface area (Å²) in [5, 5.41) is 3.53. The number of aryl methyl sites for hydroxylation is 1. The van der Waals surface area contributed by atoms with Gasteiger partial charge in [0.05, 0.1) is 35.7 Å². The van der Waals surface area contributed by atoms with Crippen LogP contribution in [0.5, 0.6) is 5.75 Å². The number of piperidine rings is 1. The molecule has 41 heavy (non-hydrogen) atoms. The number of nitrogens with one attached hydrogen (secondary N) is 1. The maximum atomic E-state index is 13.0. The van der Waals surface area contributed by atoms with Crippen LogP contribution < -0.4 is 20.7 Å². The molecule has 1 aromatic carbocycles. The van der Waals surface area contributed by atoms with Gasteiger partial charge in [-0.1, -0.05) is 20.4 Å². The summed E-state index contributed by atoms with van der Waals surface area (Å²) in [6.07, 6.45) is 7.51. The van der Waals surface area contributed by atoms with Crippen molar-refractivity contribution in [2.45, 2.75) is 52.6 Å². The van der Waals surface area contributed by atoms with Gasteiger partial charge in [-0.3, -0.25) is 14.5 Å². The van der Waals surface area contributed by atoms with Gasteiger partial charge in [0.15, 0.2) is 0 Å². The van der Waals surface area contributed by atoms with Crippen molar-refractivity contribution in [3.63, 3.8) is 0 Å². The molecule has 3 aromatic rings. The van der Waals surface area contributed by atoms with Crippen LogP contribution in [0.4, 0.5) is 21.9 Å². The van der Waals surface area contributed by atoms with Crippen molar-refractivity contribution in [2.75, 3.05) is 36.5 Å². The van der Waals surface area contributed by atoms with Gasteiger partial charge in [-0.25, -0.2) is 9.78 Å². The second kappa shape index (κ2) is 13.6. The Balaban J connectivity index is 0.000000273. The van der Waals surface area contributed by atoms with E-state index in [2.05, 4.69) is 16.9 Å². The molecule has 10 nitrogen and oxygen atoms in total. The zero-order chi connectivity index (χ0) is 29.5. The Morgan fingerprint density at radius 1 is 1.20 bits per heavy atom. The monoisotopic (exact) mass is 579 g/mol. The molecule has 0 unspecified atom stereocenters. The van der Waals surface area contributed by atoms with Gasteiger partial charge in [-0.05, 0) is 62.1 Å². The summed E-state index contributed by atoms with van der Waals surface area (Å²) in [4.78, 5) is 44.5. The zero-order valence-electron chi connectivity index (χ0n) is 23.8. The molecule has 0 spiro atoms. The molecule has 4 amide bonds. The van der Waals surface area contributed by atoms with Crippen LogP contribution in [-0.4, -0.2) is 60.1 Å². The minimum atomic E-state index is -0.587. The van der Waals surface area contributed by atoms with E-state index in [9.17, 15) is 14.4 Å². The molecule has 6 rings (SSSR count). The lowest BCUT2D eigenvalue weighted by Gasteiger charge is -2.29. The smallest absolute Gasteiger partial charge is 0.331 e. The Bertz CT molecular complexity index is 1430. The Labute approximate surface area is 244 Å². The number of urea groups is 1. The van der Waals surface area contributed by atoms with Gasteiger partial charge in [0.1, 0.15) is 21.6 Å². The first kappa shape index (κ1) is 30.0. The number of hydrogen-bond acceptors (Lipinski definition) is 7. The number of nitrogens with zero attached hydrogens (tertiary/aromatic N) is 3. The van der Waals surface area contributed by atoms with Crippen LogP contribution in [0.15, 0.2) is 43.1 Å². The third-order valence-corrected chi connectivity index (χ3v) is 8.02. The summed E-state index contributed by atoms with van der Waals surface area (Å²) in [6.45, 7) is 12.5. The number of hydrogen-bond donors (Lipinski definition) is 2. The van der Waals surface area contributed by atoms with Crippen molar-refractivity contribution in [2.24, 2.45) is 5.73 Å². The fraction of sp³-hybridized carbons (Fsp3) is 0.400. The number of amides is 4. The fourth-order valence-electron chi connectivity index (χ4n) is 4.99. The van der Waals surface area contributed by atoms with E-state index in [4.69, 9.17) is 15.2 Å². The van der Waals surface area contributed by atoms with E-state index < -0.39 is 5.91 Å². The number of thiophene rings is 1. The SMILES string of the molecule is C=CC(=O)N1CCCCC1.CC.Cc1cc(O[C@@H]2CCOC2)ccc1N1C(=O)Nc2c(C(N)=O)sc3nccc1c23. The molecule has 2 saturated heterocycles. The van der Waals surface area contributed by atoms with E-state index in [1.807, 2.05) is 43.9 Å². The van der Waals surface area contributed by atoms with E-state index in [0.29, 0.717) is 39.7 Å². The molecule has 1 atom stereocenters. The third kappa shape index (κ3) is 6.52. The summed E-state index contributed by atoms with van der Waals surface area (Å²) >= 11 is 1.18. The van der Waals surface area contributed by atoms with E-state index in [1.54, 1.807) is 17.2 Å². The molecular formula is C30H37N5O5S. The van der Waals surface area contributed by atoms with Crippen LogP contribution >= 0.6 is 11.3 Å². The average Bonchev–Trinajstić information content (AvgIpc) is 3.64. The normalized spacial score (nSPS) is 17.5. The number of ether oxygens (including phenoxy) is 2. The molecule has 2 aromatic heterocycles. The van der Waals surface area contributed by atoms with Crippen LogP contribution in [0, 0.1) is 6.92 Å². The molecule has 3 aliphatic heterocycles. The molecule has 11 heteroatoms. The topological polar surface area (TPSA) is 127 Å². The minimum Gasteiger partial charge on any atom is -0.488 e. The van der Waals surface area contributed by atoms with Crippen molar-refractivity contribution in [3.8, 4) is 5.75 Å². The first-order chi connectivity index (χ1) is 19.9. The highest BCUT2D eigenvalue weighted by molar-refractivity contribution is 7.21. The lowest BCUT2D eigenvalue weighted by atomic mass is 10.1. The number of carbonyl (C=O) groups excluding carboxylic acids is 3. The molecule has 3 aliphatic rings. The van der Waals surface area contributed by atoms with E-state index in [1.165, 1.54) is 23.8 Å².